The van der Waals surface area contributed by atoms with Gasteiger partial charge in [-0.1, -0.05) is 48.5 Å². The van der Waals surface area contributed by atoms with Gasteiger partial charge < -0.3 is 4.42 Å². The van der Waals surface area contributed by atoms with Gasteiger partial charge in [-0.2, -0.15) is 0 Å². The first-order valence-corrected chi connectivity index (χ1v) is 11.6. The van der Waals surface area contributed by atoms with Crippen molar-refractivity contribution in [1.82, 2.24) is 9.29 Å². The van der Waals surface area contributed by atoms with Crippen LogP contribution in [0.15, 0.2) is 77.2 Å². The van der Waals surface area contributed by atoms with Crippen LogP contribution in [0.5, 0.6) is 0 Å². The summed E-state index contributed by atoms with van der Waals surface area (Å²) >= 11 is 0. The largest absolute Gasteiger partial charge is 0.460 e. The molecule has 31 heavy (non-hydrogen) atoms. The Kier molecular flexibility index (Phi) is 4.63. The molecule has 0 spiro atoms. The highest BCUT2D eigenvalue weighted by molar-refractivity contribution is 7.89. The molecule has 5 rings (SSSR count). The summed E-state index contributed by atoms with van der Waals surface area (Å²) in [6.07, 6.45) is 0.366. The minimum absolute atomic E-state index is 0.0639. The summed E-state index contributed by atoms with van der Waals surface area (Å²) in [6.45, 7) is 1.83. The third-order valence-corrected chi connectivity index (χ3v) is 7.33. The van der Waals surface area contributed by atoms with Gasteiger partial charge in [-0.25, -0.2) is 17.7 Å². The van der Waals surface area contributed by atoms with Crippen LogP contribution in [-0.2, 0) is 10.0 Å². The van der Waals surface area contributed by atoms with Crippen molar-refractivity contribution in [3.05, 3.63) is 89.7 Å². The number of hydrogen-bond donors (Lipinski definition) is 0. The van der Waals surface area contributed by atoms with Crippen molar-refractivity contribution in [3.8, 4) is 11.5 Å². The molecule has 0 saturated carbocycles. The fourth-order valence-electron chi connectivity index (χ4n) is 4.08. The molecule has 0 aliphatic carbocycles. The summed E-state index contributed by atoms with van der Waals surface area (Å²) in [5.41, 5.74) is 2.19. The highest BCUT2D eigenvalue weighted by Gasteiger charge is 2.42. The predicted molar refractivity (Wildman–Crippen MR) is 118 cm³/mol. The normalized spacial score (nSPS) is 17.8. The molecule has 2 aromatic heterocycles. The molecule has 1 fully saturated rings. The number of benzene rings is 2. The summed E-state index contributed by atoms with van der Waals surface area (Å²) in [5, 5.41) is 0.605. The number of rotatable bonds is 3. The van der Waals surface area contributed by atoms with Crippen LogP contribution in [0, 0.1) is 6.92 Å². The Bertz CT molecular complexity index is 1390. The maximum absolute atomic E-state index is 13.7. The van der Waals surface area contributed by atoms with E-state index in [0.717, 1.165) is 15.6 Å². The Labute approximate surface area is 180 Å². The Hall–Kier alpha value is -3.45. The number of carbonyl (C=O) groups is 1. The maximum Gasteiger partial charge on any atom is 0.268 e. The lowest BCUT2D eigenvalue weighted by Crippen LogP contribution is -2.35. The van der Waals surface area contributed by atoms with Crippen molar-refractivity contribution >= 4 is 26.8 Å². The van der Waals surface area contributed by atoms with Crippen LogP contribution in [-0.4, -0.2) is 29.4 Å². The van der Waals surface area contributed by atoms with E-state index in [1.165, 1.54) is 0 Å². The van der Waals surface area contributed by atoms with Gasteiger partial charge in [0.1, 0.15) is 11.5 Å². The number of aryl methyl sites for hydroxylation is 1. The molecule has 1 unspecified atom stereocenters. The van der Waals surface area contributed by atoms with E-state index in [-0.39, 0.29) is 5.75 Å². The quantitative estimate of drug-likeness (QED) is 0.468. The predicted octanol–water partition coefficient (Wildman–Crippen LogP) is 4.72. The van der Waals surface area contributed by atoms with Gasteiger partial charge in [0.05, 0.1) is 22.9 Å². The second-order valence-electron chi connectivity index (χ2n) is 7.61. The van der Waals surface area contributed by atoms with Crippen LogP contribution in [0.1, 0.15) is 34.1 Å². The molecule has 2 aromatic carbocycles. The van der Waals surface area contributed by atoms with Gasteiger partial charge in [-0.3, -0.25) is 4.79 Å². The zero-order chi connectivity index (χ0) is 21.6. The zero-order valence-corrected chi connectivity index (χ0v) is 17.7. The molecule has 1 amide bonds. The second-order valence-corrected chi connectivity index (χ2v) is 9.58. The minimum atomic E-state index is -3.73. The molecular weight excluding hydrogens is 412 g/mol. The van der Waals surface area contributed by atoms with Crippen LogP contribution >= 0.6 is 0 Å². The van der Waals surface area contributed by atoms with E-state index in [4.69, 9.17) is 4.42 Å². The van der Waals surface area contributed by atoms with E-state index in [0.29, 0.717) is 34.3 Å². The van der Waals surface area contributed by atoms with Crippen LogP contribution in [0.25, 0.3) is 22.4 Å². The molecule has 7 heteroatoms. The van der Waals surface area contributed by atoms with Crippen molar-refractivity contribution < 1.29 is 17.6 Å². The molecule has 6 nitrogen and oxygen atoms in total. The Balaban J connectivity index is 1.68. The summed E-state index contributed by atoms with van der Waals surface area (Å²) in [7, 11) is -3.73. The maximum atomic E-state index is 13.7. The lowest BCUT2D eigenvalue weighted by molar-refractivity contribution is 0.0833. The molecule has 156 valence electrons. The lowest BCUT2D eigenvalue weighted by Gasteiger charge is -2.24. The molecule has 1 saturated heterocycles. The fraction of sp³-hybridized carbons (Fsp3) is 0.167. The average molecular weight is 433 g/mol. The molecule has 0 bridgehead atoms. The zero-order valence-electron chi connectivity index (χ0n) is 16.9. The fourth-order valence-corrected chi connectivity index (χ4v) is 5.77. The number of aromatic nitrogens is 1. The molecular formula is C24H20N2O4S. The Morgan fingerprint density at radius 2 is 1.77 bits per heavy atom. The molecule has 1 aliphatic rings. The molecule has 0 radical (unpaired) electrons. The SMILES string of the molecule is Cc1ccc(-c2cc(C(=O)N3C(c4ccccc4)CCS3(=O)=O)c3ccccc3n2)o1. The molecule has 3 heterocycles. The number of pyridine rings is 1. The Morgan fingerprint density at radius 1 is 1.03 bits per heavy atom. The number of para-hydroxylation sites is 1. The number of furan rings is 1. The van der Waals surface area contributed by atoms with Crippen molar-refractivity contribution in [2.45, 2.75) is 19.4 Å². The highest BCUT2D eigenvalue weighted by Crippen LogP contribution is 2.37. The number of sulfonamides is 1. The van der Waals surface area contributed by atoms with E-state index in [2.05, 4.69) is 4.98 Å². The monoisotopic (exact) mass is 432 g/mol. The van der Waals surface area contributed by atoms with E-state index < -0.39 is 22.0 Å². The van der Waals surface area contributed by atoms with Gasteiger partial charge in [-0.15, -0.1) is 0 Å². The highest BCUT2D eigenvalue weighted by atomic mass is 32.2. The van der Waals surface area contributed by atoms with Gasteiger partial charge in [0.25, 0.3) is 5.91 Å². The van der Waals surface area contributed by atoms with Gasteiger partial charge in [-0.05, 0) is 43.2 Å². The standard InChI is InChI=1S/C24H20N2O4S/c1-16-11-12-23(30-16)21-15-19(18-9-5-6-10-20(18)25-21)24(27)26-22(13-14-31(26,28)29)17-7-3-2-4-8-17/h2-12,15,22H,13-14H2,1H3. The molecule has 1 atom stereocenters. The molecule has 0 N–H and O–H groups in total. The second kappa shape index (κ2) is 7.35. The van der Waals surface area contributed by atoms with Crippen molar-refractivity contribution in [1.29, 1.82) is 0 Å². The summed E-state index contributed by atoms with van der Waals surface area (Å²) in [5.74, 6) is 0.644. The van der Waals surface area contributed by atoms with E-state index in [1.54, 1.807) is 24.3 Å². The van der Waals surface area contributed by atoms with Crippen molar-refractivity contribution in [2.75, 3.05) is 5.75 Å². The van der Waals surface area contributed by atoms with Crippen LogP contribution in [0.4, 0.5) is 0 Å². The lowest BCUT2D eigenvalue weighted by atomic mass is 10.0. The average Bonchev–Trinajstić information content (AvgIpc) is 3.35. The minimum Gasteiger partial charge on any atom is -0.460 e. The summed E-state index contributed by atoms with van der Waals surface area (Å²) in [4.78, 5) is 18.4. The third kappa shape index (κ3) is 3.41. The molecule has 1 aliphatic heterocycles. The van der Waals surface area contributed by atoms with Crippen LogP contribution < -0.4 is 0 Å². The Morgan fingerprint density at radius 3 is 2.52 bits per heavy atom. The first-order chi connectivity index (χ1) is 14.9. The summed E-state index contributed by atoms with van der Waals surface area (Å²) < 4.78 is 32.6. The number of fused-ring (bicyclic) bond motifs is 1. The van der Waals surface area contributed by atoms with Gasteiger partial charge in [0.15, 0.2) is 5.76 Å². The first-order valence-electron chi connectivity index (χ1n) is 10.0. The number of hydrogen-bond acceptors (Lipinski definition) is 5. The number of amides is 1. The van der Waals surface area contributed by atoms with Gasteiger partial charge in [0.2, 0.25) is 10.0 Å². The van der Waals surface area contributed by atoms with Crippen LogP contribution in [0.3, 0.4) is 0 Å². The van der Waals surface area contributed by atoms with E-state index >= 15 is 0 Å². The van der Waals surface area contributed by atoms with Gasteiger partial charge in [0, 0.05) is 5.39 Å². The van der Waals surface area contributed by atoms with Crippen LogP contribution in [0.2, 0.25) is 0 Å². The van der Waals surface area contributed by atoms with Crippen molar-refractivity contribution in [2.24, 2.45) is 0 Å². The van der Waals surface area contributed by atoms with Crippen molar-refractivity contribution in [3.63, 3.8) is 0 Å². The topological polar surface area (TPSA) is 80.5 Å². The van der Waals surface area contributed by atoms with Gasteiger partial charge >= 0.3 is 0 Å². The first kappa shape index (κ1) is 19.5. The summed E-state index contributed by atoms with van der Waals surface area (Å²) in [6, 6.07) is 21.2. The number of carbonyl (C=O) groups excluding carboxylic acids is 1. The number of nitrogens with zero attached hydrogens (tertiary/aromatic N) is 2. The third-order valence-electron chi connectivity index (χ3n) is 5.56. The smallest absolute Gasteiger partial charge is 0.268 e. The van der Waals surface area contributed by atoms with E-state index in [9.17, 15) is 13.2 Å². The molecule has 4 aromatic rings. The van der Waals surface area contributed by atoms with E-state index in [1.807, 2.05) is 55.5 Å².